The summed E-state index contributed by atoms with van der Waals surface area (Å²) in [6.07, 6.45) is 2.76. The summed E-state index contributed by atoms with van der Waals surface area (Å²) in [6.45, 7) is 9.90. The minimum absolute atomic E-state index is 0.0442. The van der Waals surface area contributed by atoms with Crippen LogP contribution in [-0.2, 0) is 11.3 Å². The number of aryl methyl sites for hydroxylation is 2. The predicted molar refractivity (Wildman–Crippen MR) is 127 cm³/mol. The fourth-order valence-electron chi connectivity index (χ4n) is 4.88. The zero-order valence-corrected chi connectivity index (χ0v) is 19.4. The van der Waals surface area contributed by atoms with Crippen molar-refractivity contribution in [2.75, 3.05) is 39.3 Å². The second-order valence-electron chi connectivity index (χ2n) is 9.34. The van der Waals surface area contributed by atoms with E-state index in [1.807, 2.05) is 41.0 Å². The summed E-state index contributed by atoms with van der Waals surface area (Å²) in [5.41, 5.74) is 4.55. The van der Waals surface area contributed by atoms with Crippen LogP contribution in [0.4, 0.5) is 0 Å². The van der Waals surface area contributed by atoms with Crippen molar-refractivity contribution in [1.29, 1.82) is 0 Å². The lowest BCUT2D eigenvalue weighted by molar-refractivity contribution is -0.136. The Morgan fingerprint density at radius 1 is 0.844 bits per heavy atom. The highest BCUT2D eigenvalue weighted by atomic mass is 16.2. The average Bonchev–Trinajstić information content (AvgIpc) is 3.06. The summed E-state index contributed by atoms with van der Waals surface area (Å²) in [6, 6.07) is 16.3. The number of carbonyl (C=O) groups is 2. The molecule has 2 aromatic carbocycles. The standard InChI is InChI=1S/C27H35N3O2/c1-21-10-12-23(13-11-21)26(31)30-15-5-9-25(20-30)27(32)29-16-6-14-28(17-18-29)19-24-8-4-3-7-22(24)2/h3-4,7-8,10-13,25H,5-6,9,14-20H2,1-2H3. The molecule has 2 aliphatic heterocycles. The van der Waals surface area contributed by atoms with Crippen LogP contribution < -0.4 is 0 Å². The highest BCUT2D eigenvalue weighted by molar-refractivity contribution is 5.94. The van der Waals surface area contributed by atoms with Gasteiger partial charge in [0, 0.05) is 51.4 Å². The Hall–Kier alpha value is -2.66. The summed E-state index contributed by atoms with van der Waals surface area (Å²) in [5, 5.41) is 0. The first-order chi connectivity index (χ1) is 15.5. The average molecular weight is 434 g/mol. The van der Waals surface area contributed by atoms with Crippen molar-refractivity contribution < 1.29 is 9.59 Å². The van der Waals surface area contributed by atoms with Gasteiger partial charge in [0.1, 0.15) is 0 Å². The molecule has 1 atom stereocenters. The normalized spacial score (nSPS) is 20.1. The van der Waals surface area contributed by atoms with Gasteiger partial charge in [0.15, 0.2) is 0 Å². The predicted octanol–water partition coefficient (Wildman–Crippen LogP) is 3.89. The maximum Gasteiger partial charge on any atom is 0.253 e. The molecular weight excluding hydrogens is 398 g/mol. The number of benzene rings is 2. The van der Waals surface area contributed by atoms with E-state index >= 15 is 0 Å². The summed E-state index contributed by atoms with van der Waals surface area (Å²) >= 11 is 0. The van der Waals surface area contributed by atoms with Crippen molar-refractivity contribution in [2.45, 2.75) is 39.7 Å². The maximum atomic E-state index is 13.3. The van der Waals surface area contributed by atoms with Crippen LogP contribution >= 0.6 is 0 Å². The lowest BCUT2D eigenvalue weighted by Gasteiger charge is -2.35. The lowest BCUT2D eigenvalue weighted by Crippen LogP contribution is -2.47. The van der Waals surface area contributed by atoms with Gasteiger partial charge in [0.05, 0.1) is 5.92 Å². The number of carbonyl (C=O) groups excluding carboxylic acids is 2. The fraction of sp³-hybridized carbons (Fsp3) is 0.481. The van der Waals surface area contributed by atoms with E-state index in [9.17, 15) is 9.59 Å². The van der Waals surface area contributed by atoms with E-state index in [0.29, 0.717) is 12.1 Å². The lowest BCUT2D eigenvalue weighted by atomic mass is 9.95. The molecule has 5 heteroatoms. The van der Waals surface area contributed by atoms with Crippen molar-refractivity contribution in [3.63, 3.8) is 0 Å². The topological polar surface area (TPSA) is 43.9 Å². The Balaban J connectivity index is 1.34. The molecule has 32 heavy (non-hydrogen) atoms. The van der Waals surface area contributed by atoms with Gasteiger partial charge in [-0.2, -0.15) is 0 Å². The minimum atomic E-state index is -0.0823. The third kappa shape index (κ3) is 5.39. The molecule has 0 spiro atoms. The third-order valence-electron chi connectivity index (χ3n) is 6.91. The monoisotopic (exact) mass is 433 g/mol. The number of nitrogens with zero attached hydrogens (tertiary/aromatic N) is 3. The second-order valence-corrected chi connectivity index (χ2v) is 9.34. The summed E-state index contributed by atoms with van der Waals surface area (Å²) in [4.78, 5) is 32.7. The molecule has 0 aromatic heterocycles. The highest BCUT2D eigenvalue weighted by Crippen LogP contribution is 2.22. The molecular formula is C27H35N3O2. The fourth-order valence-corrected chi connectivity index (χ4v) is 4.88. The van der Waals surface area contributed by atoms with Crippen LogP contribution in [0.5, 0.6) is 0 Å². The van der Waals surface area contributed by atoms with Gasteiger partial charge in [-0.05, 0) is 56.4 Å². The van der Waals surface area contributed by atoms with Crippen molar-refractivity contribution in [2.24, 2.45) is 5.92 Å². The number of piperidine rings is 1. The van der Waals surface area contributed by atoms with E-state index < -0.39 is 0 Å². The molecule has 0 radical (unpaired) electrons. The zero-order chi connectivity index (χ0) is 22.5. The number of likely N-dealkylation sites (tertiary alicyclic amines) is 1. The summed E-state index contributed by atoms with van der Waals surface area (Å²) < 4.78 is 0. The van der Waals surface area contributed by atoms with E-state index in [0.717, 1.165) is 64.1 Å². The smallest absolute Gasteiger partial charge is 0.253 e. The van der Waals surface area contributed by atoms with Crippen LogP contribution in [0.15, 0.2) is 48.5 Å². The van der Waals surface area contributed by atoms with E-state index in [1.54, 1.807) is 0 Å². The minimum Gasteiger partial charge on any atom is -0.341 e. The van der Waals surface area contributed by atoms with Gasteiger partial charge in [0.2, 0.25) is 5.91 Å². The third-order valence-corrected chi connectivity index (χ3v) is 6.91. The van der Waals surface area contributed by atoms with E-state index in [-0.39, 0.29) is 17.7 Å². The first kappa shape index (κ1) is 22.5. The molecule has 0 aliphatic carbocycles. The molecule has 4 rings (SSSR count). The van der Waals surface area contributed by atoms with Crippen LogP contribution in [0, 0.1) is 19.8 Å². The van der Waals surface area contributed by atoms with Gasteiger partial charge >= 0.3 is 0 Å². The first-order valence-corrected chi connectivity index (χ1v) is 11.9. The van der Waals surface area contributed by atoms with Crippen molar-refractivity contribution in [3.05, 3.63) is 70.8 Å². The zero-order valence-electron chi connectivity index (χ0n) is 19.4. The van der Waals surface area contributed by atoms with Crippen molar-refractivity contribution in [3.8, 4) is 0 Å². The molecule has 0 saturated carbocycles. The van der Waals surface area contributed by atoms with E-state index in [2.05, 4.69) is 36.1 Å². The quantitative estimate of drug-likeness (QED) is 0.735. The van der Waals surface area contributed by atoms with E-state index in [1.165, 1.54) is 11.1 Å². The molecule has 1 unspecified atom stereocenters. The van der Waals surface area contributed by atoms with Crippen molar-refractivity contribution in [1.82, 2.24) is 14.7 Å². The van der Waals surface area contributed by atoms with Gasteiger partial charge < -0.3 is 9.80 Å². The SMILES string of the molecule is Cc1ccc(C(=O)N2CCCC(C(=O)N3CCCN(Cc4ccccc4C)CC3)C2)cc1. The van der Waals surface area contributed by atoms with Crippen LogP contribution in [0.3, 0.4) is 0 Å². The Labute approximate surface area is 192 Å². The second kappa shape index (κ2) is 10.3. The molecule has 170 valence electrons. The van der Waals surface area contributed by atoms with Gasteiger partial charge in [-0.3, -0.25) is 14.5 Å². The van der Waals surface area contributed by atoms with Gasteiger partial charge in [0.25, 0.3) is 5.91 Å². The van der Waals surface area contributed by atoms with Crippen molar-refractivity contribution >= 4 is 11.8 Å². The summed E-state index contributed by atoms with van der Waals surface area (Å²) in [5.74, 6) is 0.188. The Morgan fingerprint density at radius 2 is 1.59 bits per heavy atom. The number of hydrogen-bond acceptors (Lipinski definition) is 3. The molecule has 2 fully saturated rings. The van der Waals surface area contributed by atoms with Gasteiger partial charge in [-0.1, -0.05) is 42.0 Å². The van der Waals surface area contributed by atoms with Crippen LogP contribution in [0.25, 0.3) is 0 Å². The summed E-state index contributed by atoms with van der Waals surface area (Å²) in [7, 11) is 0. The Kier molecular flexibility index (Phi) is 7.26. The number of amides is 2. The molecule has 0 bridgehead atoms. The molecule has 2 heterocycles. The van der Waals surface area contributed by atoms with Crippen LogP contribution in [-0.4, -0.2) is 65.8 Å². The molecule has 2 aromatic rings. The highest BCUT2D eigenvalue weighted by Gasteiger charge is 2.32. The number of rotatable bonds is 4. The largest absolute Gasteiger partial charge is 0.341 e. The molecule has 0 N–H and O–H groups in total. The molecule has 2 amide bonds. The Bertz CT molecular complexity index is 940. The number of hydrogen-bond donors (Lipinski definition) is 0. The Morgan fingerprint density at radius 3 is 2.38 bits per heavy atom. The maximum absolute atomic E-state index is 13.3. The van der Waals surface area contributed by atoms with Crippen LogP contribution in [0.2, 0.25) is 0 Å². The molecule has 2 aliphatic rings. The first-order valence-electron chi connectivity index (χ1n) is 11.9. The van der Waals surface area contributed by atoms with Crippen LogP contribution in [0.1, 0.15) is 46.3 Å². The molecule has 2 saturated heterocycles. The van der Waals surface area contributed by atoms with Gasteiger partial charge in [-0.15, -0.1) is 0 Å². The van der Waals surface area contributed by atoms with Gasteiger partial charge in [-0.25, -0.2) is 0 Å². The molecule has 5 nitrogen and oxygen atoms in total. The van der Waals surface area contributed by atoms with E-state index in [4.69, 9.17) is 0 Å².